The molecule has 0 bridgehead atoms. The third-order valence-corrected chi connectivity index (χ3v) is 2.25. The van der Waals surface area contributed by atoms with Crippen LogP contribution in [0.5, 0.6) is 0 Å². The fourth-order valence-electron chi connectivity index (χ4n) is 1.56. The van der Waals surface area contributed by atoms with Crippen molar-refractivity contribution in [3.63, 3.8) is 0 Å². The third-order valence-electron chi connectivity index (χ3n) is 2.25. The summed E-state index contributed by atoms with van der Waals surface area (Å²) in [6.07, 6.45) is 6.04. The largest absolute Gasteiger partial charge is 0.466 e. The van der Waals surface area contributed by atoms with Gasteiger partial charge in [-0.2, -0.15) is 0 Å². The third kappa shape index (κ3) is 4.88. The van der Waals surface area contributed by atoms with E-state index in [1.165, 1.54) is 19.8 Å². The van der Waals surface area contributed by atoms with Gasteiger partial charge in [-0.3, -0.25) is 4.79 Å². The first-order valence-corrected chi connectivity index (χ1v) is 5.04. The number of hydrogen-bond donors (Lipinski definition) is 0. The highest BCUT2D eigenvalue weighted by Crippen LogP contribution is 2.17. The van der Waals surface area contributed by atoms with E-state index in [0.717, 1.165) is 25.9 Å². The van der Waals surface area contributed by atoms with Gasteiger partial charge in [-0.15, -0.1) is 0 Å². The van der Waals surface area contributed by atoms with Crippen LogP contribution in [-0.4, -0.2) is 25.3 Å². The molecule has 0 aromatic rings. The Bertz CT molecular complexity index is 150. The molecule has 0 unspecified atom stereocenters. The van der Waals surface area contributed by atoms with Gasteiger partial charge in [0.05, 0.1) is 12.7 Å². The second kappa shape index (κ2) is 5.97. The Morgan fingerprint density at radius 3 is 3.00 bits per heavy atom. The van der Waals surface area contributed by atoms with Crippen LogP contribution in [-0.2, 0) is 14.3 Å². The van der Waals surface area contributed by atoms with Gasteiger partial charge < -0.3 is 9.47 Å². The molecule has 0 aromatic heterocycles. The molecule has 1 saturated heterocycles. The summed E-state index contributed by atoms with van der Waals surface area (Å²) in [6.45, 7) is 2.93. The van der Waals surface area contributed by atoms with Crippen LogP contribution in [0.4, 0.5) is 0 Å². The zero-order chi connectivity index (χ0) is 9.52. The van der Waals surface area contributed by atoms with Gasteiger partial charge in [-0.1, -0.05) is 0 Å². The van der Waals surface area contributed by atoms with Crippen molar-refractivity contribution in [3.05, 3.63) is 0 Å². The highest BCUT2D eigenvalue weighted by molar-refractivity contribution is 5.65. The van der Waals surface area contributed by atoms with Crippen molar-refractivity contribution in [2.75, 3.05) is 13.2 Å². The number of carbonyl (C=O) groups is 1. The zero-order valence-electron chi connectivity index (χ0n) is 8.25. The molecule has 76 valence electrons. The summed E-state index contributed by atoms with van der Waals surface area (Å²) >= 11 is 0. The van der Waals surface area contributed by atoms with Gasteiger partial charge in [-0.05, 0) is 32.1 Å². The molecule has 0 saturated carbocycles. The lowest BCUT2D eigenvalue weighted by Crippen LogP contribution is -2.06. The molecule has 1 rings (SSSR count). The first-order valence-electron chi connectivity index (χ1n) is 5.04. The van der Waals surface area contributed by atoms with Crippen LogP contribution in [0.25, 0.3) is 0 Å². The molecule has 13 heavy (non-hydrogen) atoms. The number of esters is 1. The second-order valence-electron chi connectivity index (χ2n) is 3.47. The Morgan fingerprint density at radius 1 is 1.54 bits per heavy atom. The lowest BCUT2D eigenvalue weighted by atomic mass is 10.1. The van der Waals surface area contributed by atoms with E-state index in [4.69, 9.17) is 9.47 Å². The quantitative estimate of drug-likeness (QED) is 0.486. The monoisotopic (exact) mass is 186 g/mol. The number of rotatable bonds is 5. The molecule has 1 atom stereocenters. The van der Waals surface area contributed by atoms with Crippen LogP contribution in [0.15, 0.2) is 0 Å². The van der Waals surface area contributed by atoms with Crippen molar-refractivity contribution in [3.8, 4) is 0 Å². The molecule has 1 aliphatic heterocycles. The normalized spacial score (nSPS) is 21.8. The van der Waals surface area contributed by atoms with Gasteiger partial charge >= 0.3 is 5.97 Å². The minimum absolute atomic E-state index is 0.183. The van der Waals surface area contributed by atoms with Gasteiger partial charge in [0.2, 0.25) is 0 Å². The summed E-state index contributed by atoms with van der Waals surface area (Å²) in [6, 6.07) is 0. The average molecular weight is 186 g/mol. The molecule has 0 amide bonds. The van der Waals surface area contributed by atoms with Crippen LogP contribution in [0, 0.1) is 0 Å². The molecule has 0 aromatic carbocycles. The molecule has 0 aliphatic carbocycles. The van der Waals surface area contributed by atoms with Gasteiger partial charge in [-0.25, -0.2) is 0 Å². The Morgan fingerprint density at radius 2 is 2.38 bits per heavy atom. The highest BCUT2D eigenvalue weighted by Gasteiger charge is 2.14. The Balaban J connectivity index is 1.86. The molecule has 3 heteroatoms. The van der Waals surface area contributed by atoms with E-state index in [-0.39, 0.29) is 5.97 Å². The van der Waals surface area contributed by atoms with Crippen molar-refractivity contribution in [1.82, 2.24) is 0 Å². The van der Waals surface area contributed by atoms with Crippen molar-refractivity contribution in [2.45, 2.75) is 45.1 Å². The van der Waals surface area contributed by atoms with Gasteiger partial charge in [0.25, 0.3) is 0 Å². The van der Waals surface area contributed by atoms with Crippen LogP contribution in [0.3, 0.4) is 0 Å². The smallest absolute Gasteiger partial charge is 0.302 e. The van der Waals surface area contributed by atoms with Crippen molar-refractivity contribution in [2.24, 2.45) is 0 Å². The average Bonchev–Trinajstić information content (AvgIpc) is 2.55. The van der Waals surface area contributed by atoms with E-state index in [0.29, 0.717) is 12.7 Å². The summed E-state index contributed by atoms with van der Waals surface area (Å²) in [5, 5.41) is 0. The standard InChI is InChI=1S/C10H18O3/c1-9(11)12-7-3-2-5-10-6-4-8-13-10/h10H,2-8H2,1H3/t10-/m1/s1. The van der Waals surface area contributed by atoms with E-state index in [9.17, 15) is 4.79 Å². The van der Waals surface area contributed by atoms with Crippen LogP contribution in [0.2, 0.25) is 0 Å². The first kappa shape index (κ1) is 10.5. The van der Waals surface area contributed by atoms with Crippen molar-refractivity contribution < 1.29 is 14.3 Å². The number of unbranched alkanes of at least 4 members (excludes halogenated alkanes) is 1. The molecule has 0 spiro atoms. The van der Waals surface area contributed by atoms with E-state index in [1.54, 1.807) is 0 Å². The summed E-state index contributed by atoms with van der Waals surface area (Å²) in [5.74, 6) is -0.183. The Labute approximate surface area is 79.4 Å². The topological polar surface area (TPSA) is 35.5 Å². The lowest BCUT2D eigenvalue weighted by molar-refractivity contribution is -0.141. The highest BCUT2D eigenvalue weighted by atomic mass is 16.5. The predicted molar refractivity (Wildman–Crippen MR) is 49.5 cm³/mol. The molecule has 0 radical (unpaired) electrons. The summed E-state index contributed by atoms with van der Waals surface area (Å²) in [4.78, 5) is 10.4. The van der Waals surface area contributed by atoms with E-state index >= 15 is 0 Å². The van der Waals surface area contributed by atoms with Crippen LogP contribution >= 0.6 is 0 Å². The molecule has 1 heterocycles. The van der Waals surface area contributed by atoms with Gasteiger partial charge in [0.1, 0.15) is 0 Å². The molecular formula is C10H18O3. The van der Waals surface area contributed by atoms with E-state index in [1.807, 2.05) is 0 Å². The second-order valence-corrected chi connectivity index (χ2v) is 3.47. The van der Waals surface area contributed by atoms with E-state index in [2.05, 4.69) is 0 Å². The van der Waals surface area contributed by atoms with Crippen molar-refractivity contribution in [1.29, 1.82) is 0 Å². The SMILES string of the molecule is CC(=O)OCCCC[C@@H]1CCCO1. The van der Waals surface area contributed by atoms with Crippen LogP contribution < -0.4 is 0 Å². The maximum atomic E-state index is 10.4. The first-order chi connectivity index (χ1) is 6.29. The van der Waals surface area contributed by atoms with Gasteiger partial charge in [0.15, 0.2) is 0 Å². The molecule has 0 N–H and O–H groups in total. The summed E-state index contributed by atoms with van der Waals surface area (Å²) < 4.78 is 10.3. The minimum atomic E-state index is -0.183. The Hall–Kier alpha value is -0.570. The molecular weight excluding hydrogens is 168 g/mol. The molecule has 3 nitrogen and oxygen atoms in total. The fraction of sp³-hybridized carbons (Fsp3) is 0.900. The molecule has 1 aliphatic rings. The van der Waals surface area contributed by atoms with Crippen LogP contribution in [0.1, 0.15) is 39.0 Å². The minimum Gasteiger partial charge on any atom is -0.466 e. The maximum Gasteiger partial charge on any atom is 0.302 e. The predicted octanol–water partition coefficient (Wildman–Crippen LogP) is 1.90. The summed E-state index contributed by atoms with van der Waals surface area (Å²) in [5.41, 5.74) is 0. The maximum absolute atomic E-state index is 10.4. The zero-order valence-corrected chi connectivity index (χ0v) is 8.25. The van der Waals surface area contributed by atoms with E-state index < -0.39 is 0 Å². The Kier molecular flexibility index (Phi) is 4.83. The lowest BCUT2D eigenvalue weighted by Gasteiger charge is -2.08. The number of ether oxygens (including phenoxy) is 2. The fourth-order valence-corrected chi connectivity index (χ4v) is 1.56. The number of hydrogen-bond acceptors (Lipinski definition) is 3. The molecule has 1 fully saturated rings. The van der Waals surface area contributed by atoms with Crippen molar-refractivity contribution >= 4 is 5.97 Å². The summed E-state index contributed by atoms with van der Waals surface area (Å²) in [7, 11) is 0. The number of carbonyl (C=O) groups excluding carboxylic acids is 1. The van der Waals surface area contributed by atoms with Gasteiger partial charge in [0, 0.05) is 13.5 Å².